The molecule has 1 aromatic heterocycles. The van der Waals surface area contributed by atoms with Crippen LogP contribution in [0.3, 0.4) is 0 Å². The second-order valence-corrected chi connectivity index (χ2v) is 8.30. The van der Waals surface area contributed by atoms with Gasteiger partial charge in [-0.15, -0.1) is 11.3 Å². The van der Waals surface area contributed by atoms with Crippen LogP contribution in [0.15, 0.2) is 5.38 Å². The van der Waals surface area contributed by atoms with Gasteiger partial charge in [0.2, 0.25) is 5.91 Å². The van der Waals surface area contributed by atoms with E-state index in [0.717, 1.165) is 31.2 Å². The molecule has 2 aliphatic carbocycles. The van der Waals surface area contributed by atoms with Crippen LogP contribution in [-0.2, 0) is 9.53 Å². The molecule has 2 aliphatic rings. The lowest BCUT2D eigenvalue weighted by atomic mass is 9.94. The molecule has 7 heteroatoms. The summed E-state index contributed by atoms with van der Waals surface area (Å²) in [5.41, 5.74) is 1.54. The molecule has 0 aromatic carbocycles. The molecule has 2 saturated carbocycles. The fourth-order valence-corrected chi connectivity index (χ4v) is 4.93. The molecule has 1 aromatic rings. The maximum absolute atomic E-state index is 12.7. The summed E-state index contributed by atoms with van der Waals surface area (Å²) in [5, 5.41) is 14.9. The maximum Gasteiger partial charge on any atom is 0.341 e. The van der Waals surface area contributed by atoms with E-state index < -0.39 is 0 Å². The summed E-state index contributed by atoms with van der Waals surface area (Å²) in [5.74, 6) is -0.0707. The Morgan fingerprint density at radius 1 is 1.26 bits per heavy atom. The van der Waals surface area contributed by atoms with Gasteiger partial charge in [-0.3, -0.25) is 9.69 Å². The van der Waals surface area contributed by atoms with Gasteiger partial charge in [0.1, 0.15) is 5.00 Å². The van der Waals surface area contributed by atoms with Gasteiger partial charge in [-0.05, 0) is 49.5 Å². The Hall–Kier alpha value is -1.44. The van der Waals surface area contributed by atoms with Crippen molar-refractivity contribution in [1.29, 1.82) is 0 Å². The summed E-state index contributed by atoms with van der Waals surface area (Å²) in [7, 11) is 0. The van der Waals surface area contributed by atoms with Crippen molar-refractivity contribution in [2.75, 3.05) is 31.6 Å². The van der Waals surface area contributed by atoms with Gasteiger partial charge in [-0.25, -0.2) is 4.79 Å². The van der Waals surface area contributed by atoms with Crippen LogP contribution in [0.25, 0.3) is 0 Å². The first kappa shape index (κ1) is 20.3. The highest BCUT2D eigenvalue weighted by atomic mass is 32.1. The third-order valence-corrected chi connectivity index (χ3v) is 6.31. The van der Waals surface area contributed by atoms with Gasteiger partial charge >= 0.3 is 5.97 Å². The molecule has 0 radical (unpaired) electrons. The molecule has 2 N–H and O–H groups in total. The van der Waals surface area contributed by atoms with E-state index >= 15 is 0 Å². The highest BCUT2D eigenvalue weighted by molar-refractivity contribution is 7.15. The number of carbonyl (C=O) groups excluding carboxylic acids is 2. The van der Waals surface area contributed by atoms with Crippen LogP contribution in [0.4, 0.5) is 5.00 Å². The number of nitrogens with zero attached hydrogens (tertiary/aromatic N) is 1. The molecular formula is C20H30N2O4S. The number of anilines is 1. The van der Waals surface area contributed by atoms with Crippen molar-refractivity contribution in [3.63, 3.8) is 0 Å². The Bertz CT molecular complexity index is 650. The minimum atomic E-state index is -0.351. The summed E-state index contributed by atoms with van der Waals surface area (Å²) in [4.78, 5) is 27.2. The number of rotatable bonds is 9. The van der Waals surface area contributed by atoms with Crippen molar-refractivity contribution in [1.82, 2.24) is 4.90 Å². The zero-order chi connectivity index (χ0) is 19.2. The number of thiophene rings is 1. The van der Waals surface area contributed by atoms with Crippen LogP contribution in [0, 0.1) is 0 Å². The Balaban J connectivity index is 1.68. The van der Waals surface area contributed by atoms with Crippen LogP contribution in [0.2, 0.25) is 0 Å². The molecule has 1 heterocycles. The number of hydrogen-bond donors (Lipinski definition) is 2. The Labute approximate surface area is 164 Å². The Kier molecular flexibility index (Phi) is 7.26. The minimum Gasteiger partial charge on any atom is -0.462 e. The number of amides is 1. The largest absolute Gasteiger partial charge is 0.462 e. The average Bonchev–Trinajstić information content (AvgIpc) is 3.43. The molecular weight excluding hydrogens is 364 g/mol. The average molecular weight is 395 g/mol. The fourth-order valence-electron chi connectivity index (χ4n) is 3.89. The van der Waals surface area contributed by atoms with Crippen LogP contribution in [-0.4, -0.2) is 54.2 Å². The monoisotopic (exact) mass is 394 g/mol. The molecule has 150 valence electrons. The van der Waals surface area contributed by atoms with E-state index in [1.807, 2.05) is 5.38 Å². The van der Waals surface area contributed by atoms with Crippen molar-refractivity contribution < 1.29 is 19.4 Å². The Morgan fingerprint density at radius 3 is 2.63 bits per heavy atom. The van der Waals surface area contributed by atoms with E-state index in [0.29, 0.717) is 35.7 Å². The van der Waals surface area contributed by atoms with E-state index in [-0.39, 0.29) is 25.0 Å². The quantitative estimate of drug-likeness (QED) is 0.628. The van der Waals surface area contributed by atoms with Crippen LogP contribution >= 0.6 is 11.3 Å². The molecule has 3 rings (SSSR count). The van der Waals surface area contributed by atoms with Crippen LogP contribution in [0.1, 0.15) is 73.7 Å². The van der Waals surface area contributed by atoms with Gasteiger partial charge in [0.05, 0.1) is 25.3 Å². The third kappa shape index (κ3) is 5.30. The smallest absolute Gasteiger partial charge is 0.341 e. The predicted molar refractivity (Wildman–Crippen MR) is 106 cm³/mol. The first-order valence-corrected chi connectivity index (χ1v) is 10.9. The number of esters is 1. The molecule has 0 aliphatic heterocycles. The number of aliphatic hydroxyl groups excluding tert-OH is 1. The number of nitrogens with one attached hydrogen (secondary N) is 1. The molecule has 0 spiro atoms. The Morgan fingerprint density at radius 2 is 2.00 bits per heavy atom. The maximum atomic E-state index is 12.7. The van der Waals surface area contributed by atoms with Crippen LogP contribution < -0.4 is 5.32 Å². The lowest BCUT2D eigenvalue weighted by Gasteiger charge is -2.33. The van der Waals surface area contributed by atoms with E-state index in [4.69, 9.17) is 4.74 Å². The van der Waals surface area contributed by atoms with Crippen molar-refractivity contribution in [3.8, 4) is 0 Å². The standard InChI is InChI=1S/C20H30N2O4S/c1-2-26-20(25)18-16(14-8-9-14)13-27-19(18)21-17(24)12-22(10-11-23)15-6-4-3-5-7-15/h13-15,23H,2-12H2,1H3,(H,21,24). The summed E-state index contributed by atoms with van der Waals surface area (Å²) >= 11 is 1.40. The first-order chi connectivity index (χ1) is 13.1. The second-order valence-electron chi connectivity index (χ2n) is 7.42. The van der Waals surface area contributed by atoms with Gasteiger partial charge in [0.25, 0.3) is 0 Å². The van der Waals surface area contributed by atoms with Gasteiger partial charge in [-0.1, -0.05) is 19.3 Å². The van der Waals surface area contributed by atoms with E-state index in [1.54, 1.807) is 6.92 Å². The predicted octanol–water partition coefficient (Wildman–Crippen LogP) is 3.37. The molecule has 27 heavy (non-hydrogen) atoms. The molecule has 0 saturated heterocycles. The minimum absolute atomic E-state index is 0.0443. The SMILES string of the molecule is CCOC(=O)c1c(C2CC2)csc1NC(=O)CN(CCO)C1CCCCC1. The molecule has 0 atom stereocenters. The van der Waals surface area contributed by atoms with Gasteiger partial charge in [0.15, 0.2) is 0 Å². The van der Waals surface area contributed by atoms with E-state index in [2.05, 4.69) is 10.2 Å². The van der Waals surface area contributed by atoms with Crippen molar-refractivity contribution in [2.45, 2.75) is 63.8 Å². The van der Waals surface area contributed by atoms with Crippen molar-refractivity contribution in [2.24, 2.45) is 0 Å². The van der Waals surface area contributed by atoms with E-state index in [9.17, 15) is 14.7 Å². The van der Waals surface area contributed by atoms with Crippen LogP contribution in [0.5, 0.6) is 0 Å². The fraction of sp³-hybridized carbons (Fsp3) is 0.700. The summed E-state index contributed by atoms with van der Waals surface area (Å²) < 4.78 is 5.21. The van der Waals surface area contributed by atoms with Gasteiger partial charge < -0.3 is 15.2 Å². The molecule has 2 fully saturated rings. The summed E-state index contributed by atoms with van der Waals surface area (Å²) in [6.45, 7) is 2.89. The number of hydrogen-bond acceptors (Lipinski definition) is 6. The van der Waals surface area contributed by atoms with Crippen molar-refractivity contribution >= 4 is 28.2 Å². The molecule has 6 nitrogen and oxygen atoms in total. The van der Waals surface area contributed by atoms with E-state index in [1.165, 1.54) is 30.6 Å². The zero-order valence-corrected chi connectivity index (χ0v) is 16.9. The number of ether oxygens (including phenoxy) is 1. The lowest BCUT2D eigenvalue weighted by Crippen LogP contribution is -2.43. The molecule has 0 unspecified atom stereocenters. The van der Waals surface area contributed by atoms with Crippen molar-refractivity contribution in [3.05, 3.63) is 16.5 Å². The molecule has 0 bridgehead atoms. The zero-order valence-electron chi connectivity index (χ0n) is 16.0. The van der Waals surface area contributed by atoms with Gasteiger partial charge in [-0.2, -0.15) is 0 Å². The third-order valence-electron chi connectivity index (χ3n) is 5.39. The highest BCUT2D eigenvalue weighted by Gasteiger charge is 2.32. The van der Waals surface area contributed by atoms with Gasteiger partial charge in [0, 0.05) is 12.6 Å². The number of aliphatic hydroxyl groups is 1. The topological polar surface area (TPSA) is 78.9 Å². The second kappa shape index (κ2) is 9.66. The summed E-state index contributed by atoms with van der Waals surface area (Å²) in [6, 6.07) is 0.353. The summed E-state index contributed by atoms with van der Waals surface area (Å²) in [6.07, 6.45) is 7.93. The lowest BCUT2D eigenvalue weighted by molar-refractivity contribution is -0.118. The highest BCUT2D eigenvalue weighted by Crippen LogP contribution is 2.46. The first-order valence-electron chi connectivity index (χ1n) is 10.1. The number of carbonyl (C=O) groups is 2. The molecule has 1 amide bonds. The normalized spacial score (nSPS) is 17.9.